The van der Waals surface area contributed by atoms with Gasteiger partial charge in [-0.05, 0) is 88.2 Å². The van der Waals surface area contributed by atoms with Gasteiger partial charge in [0.2, 0.25) is 0 Å². The summed E-state index contributed by atoms with van der Waals surface area (Å²) in [5.41, 5.74) is 4.66. The van der Waals surface area contributed by atoms with E-state index in [4.69, 9.17) is 9.47 Å². The Morgan fingerprint density at radius 3 is 1.49 bits per heavy atom. The molecule has 5 heteroatoms. The molecule has 4 aromatic rings. The molecule has 4 aromatic carbocycles. The molecule has 0 heterocycles. The van der Waals surface area contributed by atoms with E-state index in [-0.39, 0.29) is 22.3 Å². The molecule has 39 heavy (non-hydrogen) atoms. The average Bonchev–Trinajstić information content (AvgIpc) is 2.89. The zero-order valence-electron chi connectivity index (χ0n) is 22.8. The van der Waals surface area contributed by atoms with E-state index >= 15 is 0 Å². The highest BCUT2D eigenvalue weighted by Crippen LogP contribution is 2.35. The molecular formula is C34H34O5. The fourth-order valence-corrected chi connectivity index (χ4v) is 4.61. The predicted octanol–water partition coefficient (Wildman–Crippen LogP) is 8.38. The Morgan fingerprint density at radius 1 is 0.641 bits per heavy atom. The van der Waals surface area contributed by atoms with Gasteiger partial charge in [-0.1, -0.05) is 82.8 Å². The maximum absolute atomic E-state index is 12.4. The van der Waals surface area contributed by atoms with Crippen LogP contribution in [0.25, 0.3) is 5.57 Å². The Bertz CT molecular complexity index is 1430. The van der Waals surface area contributed by atoms with Crippen molar-refractivity contribution in [2.75, 3.05) is 0 Å². The largest absolute Gasteiger partial charge is 0.519 e. The fourth-order valence-electron chi connectivity index (χ4n) is 4.61. The second-order valence-electron chi connectivity index (χ2n) is 10.9. The molecule has 0 atom stereocenters. The van der Waals surface area contributed by atoms with Crippen molar-refractivity contribution < 1.29 is 24.5 Å². The van der Waals surface area contributed by atoms with Crippen LogP contribution in [0.4, 0.5) is 4.79 Å². The van der Waals surface area contributed by atoms with Gasteiger partial charge in [-0.3, -0.25) is 0 Å². The molecule has 0 unspecified atom stereocenters. The minimum atomic E-state index is -0.819. The summed E-state index contributed by atoms with van der Waals surface area (Å²) in [5.74, 6) is 1.23. The highest BCUT2D eigenvalue weighted by Gasteiger charge is 2.24. The van der Waals surface area contributed by atoms with Crippen molar-refractivity contribution in [3.8, 4) is 23.0 Å². The molecule has 5 nitrogen and oxygen atoms in total. The van der Waals surface area contributed by atoms with Gasteiger partial charge >= 0.3 is 6.16 Å². The fraction of sp³-hybridized carbons (Fsp3) is 0.206. The third kappa shape index (κ3) is 6.68. The van der Waals surface area contributed by atoms with Crippen LogP contribution in [0.5, 0.6) is 23.0 Å². The summed E-state index contributed by atoms with van der Waals surface area (Å²) in [7, 11) is 0. The Balaban J connectivity index is 1.34. The molecule has 0 radical (unpaired) electrons. The minimum Gasteiger partial charge on any atom is -0.508 e. The summed E-state index contributed by atoms with van der Waals surface area (Å²) >= 11 is 0. The topological polar surface area (TPSA) is 76.0 Å². The van der Waals surface area contributed by atoms with E-state index in [2.05, 4.69) is 34.3 Å². The van der Waals surface area contributed by atoms with Crippen LogP contribution in [-0.2, 0) is 10.8 Å². The molecule has 0 aliphatic carbocycles. The standard InChI is InChI=1S/C34H34O5/c1-23(22-33(2,3)25-8-14-28(35)15-9-25)24-6-18-30(19-7-24)38-32(37)39-31-20-12-27(13-21-31)34(4,5)26-10-16-29(36)17-11-26/h6-21,35-36H,1,22H2,2-5H3. The second-order valence-corrected chi connectivity index (χ2v) is 10.9. The van der Waals surface area contributed by atoms with Gasteiger partial charge in [-0.2, -0.15) is 0 Å². The van der Waals surface area contributed by atoms with Crippen molar-refractivity contribution in [3.05, 3.63) is 126 Å². The first-order valence-electron chi connectivity index (χ1n) is 12.8. The maximum atomic E-state index is 12.4. The summed E-state index contributed by atoms with van der Waals surface area (Å²) < 4.78 is 10.8. The number of carbonyl (C=O) groups excluding carboxylic acids is 1. The number of phenols is 2. The normalized spacial score (nSPS) is 11.6. The van der Waals surface area contributed by atoms with Gasteiger partial charge in [0.15, 0.2) is 0 Å². The molecule has 0 saturated heterocycles. The van der Waals surface area contributed by atoms with E-state index in [0.717, 1.165) is 34.2 Å². The number of rotatable bonds is 8. The van der Waals surface area contributed by atoms with E-state index in [1.54, 1.807) is 48.5 Å². The Morgan fingerprint density at radius 2 is 1.03 bits per heavy atom. The van der Waals surface area contributed by atoms with Crippen molar-refractivity contribution in [1.29, 1.82) is 0 Å². The van der Waals surface area contributed by atoms with Crippen LogP contribution >= 0.6 is 0 Å². The zero-order valence-corrected chi connectivity index (χ0v) is 22.8. The zero-order chi connectivity index (χ0) is 28.2. The van der Waals surface area contributed by atoms with Gasteiger partial charge in [0, 0.05) is 5.41 Å². The summed E-state index contributed by atoms with van der Waals surface area (Å²) in [6.07, 6.45) is -0.0971. The van der Waals surface area contributed by atoms with Crippen LogP contribution in [-0.4, -0.2) is 16.4 Å². The van der Waals surface area contributed by atoms with Crippen molar-refractivity contribution >= 4 is 11.7 Å². The first-order valence-corrected chi connectivity index (χ1v) is 12.8. The van der Waals surface area contributed by atoms with Crippen molar-refractivity contribution in [3.63, 3.8) is 0 Å². The summed E-state index contributed by atoms with van der Waals surface area (Å²) in [4.78, 5) is 12.4. The second kappa shape index (κ2) is 11.1. The number of ether oxygens (including phenoxy) is 2. The smallest absolute Gasteiger partial charge is 0.508 e. The lowest BCUT2D eigenvalue weighted by molar-refractivity contribution is 0.152. The monoisotopic (exact) mass is 522 g/mol. The number of phenolic OH excluding ortho intramolecular Hbond substituents is 2. The molecule has 0 fully saturated rings. The van der Waals surface area contributed by atoms with E-state index in [9.17, 15) is 15.0 Å². The van der Waals surface area contributed by atoms with Gasteiger partial charge in [0.05, 0.1) is 0 Å². The maximum Gasteiger partial charge on any atom is 0.519 e. The van der Waals surface area contributed by atoms with Crippen LogP contribution in [0, 0.1) is 0 Å². The molecule has 0 aliphatic heterocycles. The van der Waals surface area contributed by atoms with Gasteiger partial charge in [-0.25, -0.2) is 4.79 Å². The first kappa shape index (κ1) is 27.5. The predicted molar refractivity (Wildman–Crippen MR) is 155 cm³/mol. The molecule has 200 valence electrons. The van der Waals surface area contributed by atoms with Crippen LogP contribution in [0.3, 0.4) is 0 Å². The van der Waals surface area contributed by atoms with Gasteiger partial charge in [0.25, 0.3) is 0 Å². The Hall–Kier alpha value is -4.51. The number of carbonyl (C=O) groups is 1. The molecule has 0 bridgehead atoms. The SMILES string of the molecule is C=C(CC(C)(C)c1ccc(O)cc1)c1ccc(OC(=O)Oc2ccc(C(C)(C)c3ccc(O)cc3)cc2)cc1. The first-order chi connectivity index (χ1) is 18.4. The van der Waals surface area contributed by atoms with Crippen molar-refractivity contribution in [1.82, 2.24) is 0 Å². The van der Waals surface area contributed by atoms with Crippen LogP contribution < -0.4 is 9.47 Å². The van der Waals surface area contributed by atoms with E-state index in [1.807, 2.05) is 48.5 Å². The highest BCUT2D eigenvalue weighted by atomic mass is 16.7. The molecule has 0 aromatic heterocycles. The molecule has 0 aliphatic rings. The lowest BCUT2D eigenvalue weighted by atomic mass is 9.78. The highest BCUT2D eigenvalue weighted by molar-refractivity contribution is 5.69. The number of allylic oxidation sites excluding steroid dienone is 1. The number of aromatic hydroxyl groups is 2. The van der Waals surface area contributed by atoms with Gasteiger partial charge in [0.1, 0.15) is 23.0 Å². The third-order valence-corrected chi connectivity index (χ3v) is 7.13. The van der Waals surface area contributed by atoms with E-state index < -0.39 is 6.16 Å². The molecule has 2 N–H and O–H groups in total. The molecule has 0 spiro atoms. The summed E-state index contributed by atoms with van der Waals surface area (Å²) in [6, 6.07) is 28.9. The average molecular weight is 523 g/mol. The van der Waals surface area contributed by atoms with Crippen LogP contribution in [0.1, 0.15) is 56.4 Å². The van der Waals surface area contributed by atoms with E-state index in [0.29, 0.717) is 11.5 Å². The van der Waals surface area contributed by atoms with Crippen LogP contribution in [0.2, 0.25) is 0 Å². The van der Waals surface area contributed by atoms with E-state index in [1.165, 1.54) is 0 Å². The van der Waals surface area contributed by atoms with Gasteiger partial charge in [-0.15, -0.1) is 0 Å². The minimum absolute atomic E-state index is 0.168. The molecule has 0 saturated carbocycles. The summed E-state index contributed by atoms with van der Waals surface area (Å²) in [5, 5.41) is 19.1. The van der Waals surface area contributed by atoms with Crippen molar-refractivity contribution in [2.24, 2.45) is 0 Å². The third-order valence-electron chi connectivity index (χ3n) is 7.13. The Labute approximate surface area is 230 Å². The van der Waals surface area contributed by atoms with Gasteiger partial charge < -0.3 is 19.7 Å². The summed E-state index contributed by atoms with van der Waals surface area (Å²) in [6.45, 7) is 12.7. The molecule has 0 amide bonds. The lowest BCUT2D eigenvalue weighted by Gasteiger charge is -2.26. The Kier molecular flexibility index (Phi) is 7.82. The quantitative estimate of drug-likeness (QED) is 0.180. The number of hydrogen-bond donors (Lipinski definition) is 2. The van der Waals surface area contributed by atoms with Crippen LogP contribution in [0.15, 0.2) is 104 Å². The molecule has 4 rings (SSSR count). The van der Waals surface area contributed by atoms with Crippen molar-refractivity contribution in [2.45, 2.75) is 44.9 Å². The number of benzene rings is 4. The molecular weight excluding hydrogens is 488 g/mol. The number of hydrogen-bond acceptors (Lipinski definition) is 5. The lowest BCUT2D eigenvalue weighted by Crippen LogP contribution is -2.19.